The molecule has 0 spiro atoms. The second-order valence-corrected chi connectivity index (χ2v) is 12.3. The van der Waals surface area contributed by atoms with Crippen molar-refractivity contribution >= 4 is 8.25 Å². The highest BCUT2D eigenvalue weighted by Gasteiger charge is 2.20. The summed E-state index contributed by atoms with van der Waals surface area (Å²) in [4.78, 5) is 0. The first-order valence-electron chi connectivity index (χ1n) is 16.4. The van der Waals surface area contributed by atoms with Crippen molar-refractivity contribution in [3.8, 4) is 0 Å². The highest BCUT2D eigenvalue weighted by atomic mass is 31.1. The zero-order chi connectivity index (χ0) is 26.5. The summed E-state index contributed by atoms with van der Waals surface area (Å²) >= 11 is 0. The Morgan fingerprint density at radius 2 is 0.694 bits per heavy atom. The van der Waals surface area contributed by atoms with E-state index >= 15 is 0 Å². The van der Waals surface area contributed by atoms with Crippen LogP contribution in [0.15, 0.2) is 0 Å². The maximum absolute atomic E-state index is 12.2. The minimum absolute atomic E-state index is 0.576. The molecule has 0 radical (unpaired) electrons. The van der Waals surface area contributed by atoms with Gasteiger partial charge in [-0.25, -0.2) is 0 Å². The van der Waals surface area contributed by atoms with E-state index in [-0.39, 0.29) is 0 Å². The summed E-state index contributed by atoms with van der Waals surface area (Å²) < 4.78 is 23.3. The van der Waals surface area contributed by atoms with E-state index in [1.54, 1.807) is 0 Å². The quantitative estimate of drug-likeness (QED) is 0.0685. The highest BCUT2D eigenvalue weighted by molar-refractivity contribution is 7.33. The van der Waals surface area contributed by atoms with Gasteiger partial charge in [-0.15, -0.1) is 9.05 Å². The molecule has 0 aromatic carbocycles. The largest absolute Gasteiger partial charge is 0.697 e. The van der Waals surface area contributed by atoms with Gasteiger partial charge in [0.1, 0.15) is 13.2 Å². The summed E-state index contributed by atoms with van der Waals surface area (Å²) in [5.41, 5.74) is 0. The standard InChI is InChI=1S/C32H66O3P/c1-5-9-13-17-23-31(24-18-14-10-6-2)27-21-29-34-36(33)35-30-22-28-32(25-19-15-11-7-3)26-20-16-12-8-4/h31-32H,5-30H2,1-4H3/q+1. The van der Waals surface area contributed by atoms with E-state index in [4.69, 9.17) is 9.05 Å². The van der Waals surface area contributed by atoms with Crippen LogP contribution in [-0.2, 0) is 13.6 Å². The third-order valence-corrected chi connectivity index (χ3v) is 8.56. The van der Waals surface area contributed by atoms with Crippen LogP contribution in [0.5, 0.6) is 0 Å². The molecule has 216 valence electrons. The van der Waals surface area contributed by atoms with E-state index < -0.39 is 8.25 Å². The Morgan fingerprint density at radius 3 is 0.972 bits per heavy atom. The summed E-state index contributed by atoms with van der Waals surface area (Å²) in [6, 6.07) is 0. The van der Waals surface area contributed by atoms with Crippen LogP contribution in [0.4, 0.5) is 0 Å². The fraction of sp³-hybridized carbons (Fsp3) is 1.00. The van der Waals surface area contributed by atoms with E-state index in [2.05, 4.69) is 27.7 Å². The van der Waals surface area contributed by atoms with Gasteiger partial charge in [0.05, 0.1) is 0 Å². The zero-order valence-electron chi connectivity index (χ0n) is 25.2. The van der Waals surface area contributed by atoms with Crippen molar-refractivity contribution < 1.29 is 13.6 Å². The van der Waals surface area contributed by atoms with Crippen molar-refractivity contribution in [1.29, 1.82) is 0 Å². The molecule has 0 aliphatic rings. The van der Waals surface area contributed by atoms with Gasteiger partial charge in [0, 0.05) is 4.57 Å². The summed E-state index contributed by atoms with van der Waals surface area (Å²) in [7, 11) is -1.96. The molecule has 0 aliphatic heterocycles. The summed E-state index contributed by atoms with van der Waals surface area (Å²) in [5, 5.41) is 0. The molecule has 0 bridgehead atoms. The number of rotatable bonds is 30. The van der Waals surface area contributed by atoms with Crippen LogP contribution in [0.1, 0.15) is 182 Å². The minimum Gasteiger partial charge on any atom is -0.119 e. The Morgan fingerprint density at radius 1 is 0.417 bits per heavy atom. The van der Waals surface area contributed by atoms with E-state index in [1.807, 2.05) is 0 Å². The normalized spacial score (nSPS) is 11.7. The lowest BCUT2D eigenvalue weighted by Crippen LogP contribution is -2.04. The van der Waals surface area contributed by atoms with Crippen molar-refractivity contribution in [2.75, 3.05) is 13.2 Å². The lowest BCUT2D eigenvalue weighted by atomic mass is 9.91. The lowest BCUT2D eigenvalue weighted by molar-refractivity contribution is 0.208. The maximum Gasteiger partial charge on any atom is 0.697 e. The Kier molecular flexibility index (Phi) is 29.6. The Bertz CT molecular complexity index is 381. The number of unbranched alkanes of at least 4 members (excludes halogenated alkanes) is 12. The van der Waals surface area contributed by atoms with Crippen LogP contribution < -0.4 is 0 Å². The average Bonchev–Trinajstić information content (AvgIpc) is 2.88. The second-order valence-electron chi connectivity index (χ2n) is 11.3. The first-order valence-corrected chi connectivity index (χ1v) is 17.5. The lowest BCUT2D eigenvalue weighted by Gasteiger charge is -2.16. The fourth-order valence-electron chi connectivity index (χ4n) is 5.36. The first kappa shape index (κ1) is 36.0. The zero-order valence-corrected chi connectivity index (χ0v) is 26.1. The monoisotopic (exact) mass is 529 g/mol. The molecule has 0 unspecified atom stereocenters. The fourth-order valence-corrected chi connectivity index (χ4v) is 6.00. The van der Waals surface area contributed by atoms with Gasteiger partial charge in [-0.3, -0.25) is 0 Å². The molecule has 0 aliphatic carbocycles. The third kappa shape index (κ3) is 25.7. The molecule has 0 fully saturated rings. The molecule has 0 amide bonds. The minimum atomic E-state index is -1.96. The molecule has 0 N–H and O–H groups in total. The molecule has 0 heterocycles. The van der Waals surface area contributed by atoms with Gasteiger partial charge in [-0.2, -0.15) is 0 Å². The molecule has 0 saturated heterocycles. The van der Waals surface area contributed by atoms with Crippen LogP contribution in [0.25, 0.3) is 0 Å². The van der Waals surface area contributed by atoms with E-state index in [9.17, 15) is 4.57 Å². The Balaban J connectivity index is 4.05. The van der Waals surface area contributed by atoms with Gasteiger partial charge < -0.3 is 0 Å². The Hall–Kier alpha value is 0.0200. The third-order valence-electron chi connectivity index (χ3n) is 7.77. The predicted molar refractivity (Wildman–Crippen MR) is 160 cm³/mol. The predicted octanol–water partition coefficient (Wildman–Crippen LogP) is 12.4. The SMILES string of the molecule is CCCCCCC(CCCCCC)CCCO[P+](=O)OCCCC(CCCCCC)CCCCCC. The Labute approximate surface area is 228 Å². The van der Waals surface area contributed by atoms with Crippen LogP contribution in [-0.4, -0.2) is 13.2 Å². The molecule has 0 aromatic heterocycles. The number of hydrogen-bond acceptors (Lipinski definition) is 3. The van der Waals surface area contributed by atoms with Gasteiger partial charge in [-0.1, -0.05) is 156 Å². The first-order chi connectivity index (χ1) is 17.7. The van der Waals surface area contributed by atoms with Crippen LogP contribution in [0.2, 0.25) is 0 Å². The molecule has 0 rings (SSSR count). The molecule has 0 aromatic rings. The van der Waals surface area contributed by atoms with Crippen LogP contribution >= 0.6 is 8.25 Å². The molecule has 3 nitrogen and oxygen atoms in total. The van der Waals surface area contributed by atoms with Crippen LogP contribution in [0, 0.1) is 11.8 Å². The van der Waals surface area contributed by atoms with Gasteiger partial charge in [0.15, 0.2) is 0 Å². The molecular weight excluding hydrogens is 463 g/mol. The molecule has 0 atom stereocenters. The molecule has 36 heavy (non-hydrogen) atoms. The summed E-state index contributed by atoms with van der Waals surface area (Å²) in [6.45, 7) is 10.3. The van der Waals surface area contributed by atoms with E-state index in [0.717, 1.165) is 24.7 Å². The van der Waals surface area contributed by atoms with Crippen molar-refractivity contribution in [3.63, 3.8) is 0 Å². The molecule has 4 heteroatoms. The van der Waals surface area contributed by atoms with Crippen molar-refractivity contribution in [1.82, 2.24) is 0 Å². The highest BCUT2D eigenvalue weighted by Crippen LogP contribution is 2.28. The van der Waals surface area contributed by atoms with Gasteiger partial charge >= 0.3 is 8.25 Å². The van der Waals surface area contributed by atoms with E-state index in [0.29, 0.717) is 13.2 Å². The second kappa shape index (κ2) is 29.6. The van der Waals surface area contributed by atoms with Crippen LogP contribution in [0.3, 0.4) is 0 Å². The van der Waals surface area contributed by atoms with Crippen molar-refractivity contribution in [2.24, 2.45) is 11.8 Å². The smallest absolute Gasteiger partial charge is 0.119 e. The average molecular weight is 530 g/mol. The van der Waals surface area contributed by atoms with E-state index in [1.165, 1.54) is 141 Å². The summed E-state index contributed by atoms with van der Waals surface area (Å²) in [5.74, 6) is 1.63. The molecular formula is C32H66O3P+. The van der Waals surface area contributed by atoms with Gasteiger partial charge in [0.2, 0.25) is 0 Å². The molecule has 0 saturated carbocycles. The topological polar surface area (TPSA) is 35.5 Å². The maximum atomic E-state index is 12.2. The number of hydrogen-bond donors (Lipinski definition) is 0. The van der Waals surface area contributed by atoms with Gasteiger partial charge in [0.25, 0.3) is 0 Å². The van der Waals surface area contributed by atoms with Crippen molar-refractivity contribution in [3.05, 3.63) is 0 Å². The van der Waals surface area contributed by atoms with Gasteiger partial charge in [-0.05, 0) is 37.5 Å². The van der Waals surface area contributed by atoms with Crippen molar-refractivity contribution in [2.45, 2.75) is 182 Å². The summed E-state index contributed by atoms with van der Waals surface area (Å²) in [6.07, 6.45) is 31.5.